The Labute approximate surface area is 78.9 Å². The summed E-state index contributed by atoms with van der Waals surface area (Å²) in [7, 11) is 1.67. The van der Waals surface area contributed by atoms with E-state index in [9.17, 15) is 0 Å². The van der Waals surface area contributed by atoms with E-state index in [1.54, 1.807) is 7.11 Å². The molecule has 0 saturated heterocycles. The van der Waals surface area contributed by atoms with Crippen LogP contribution in [-0.4, -0.2) is 7.11 Å². The second kappa shape index (κ2) is 4.25. The zero-order valence-electron chi connectivity index (χ0n) is 8.29. The number of benzene rings is 1. The first-order valence-corrected chi connectivity index (χ1v) is 4.29. The van der Waals surface area contributed by atoms with Crippen molar-refractivity contribution in [1.82, 2.24) is 5.43 Å². The maximum atomic E-state index is 5.36. The van der Waals surface area contributed by atoms with Crippen LogP contribution in [-0.2, 0) is 0 Å². The van der Waals surface area contributed by atoms with Crippen LogP contribution in [0.25, 0.3) is 0 Å². The molecule has 0 aliphatic carbocycles. The zero-order valence-corrected chi connectivity index (χ0v) is 8.29. The minimum absolute atomic E-state index is 0.107. The molecule has 0 amide bonds. The largest absolute Gasteiger partial charge is 0.496 e. The molecule has 0 aliphatic heterocycles. The fourth-order valence-electron chi connectivity index (χ4n) is 1.27. The number of methoxy groups -OCH3 is 1. The molecule has 0 spiro atoms. The average Bonchev–Trinajstić information content (AvgIpc) is 2.16. The quantitative estimate of drug-likeness (QED) is 0.547. The molecule has 0 radical (unpaired) electrons. The highest BCUT2D eigenvalue weighted by Gasteiger charge is 2.08. The normalized spacial score (nSPS) is 12.6. The summed E-state index contributed by atoms with van der Waals surface area (Å²) in [6, 6.07) is 6.18. The number of ether oxygens (including phenoxy) is 1. The van der Waals surface area contributed by atoms with Gasteiger partial charge < -0.3 is 4.74 Å². The van der Waals surface area contributed by atoms with E-state index >= 15 is 0 Å². The van der Waals surface area contributed by atoms with Gasteiger partial charge in [0, 0.05) is 11.6 Å². The maximum Gasteiger partial charge on any atom is 0.123 e. The number of nitrogens with one attached hydrogen (secondary N) is 1. The van der Waals surface area contributed by atoms with Crippen molar-refractivity contribution in [1.29, 1.82) is 0 Å². The summed E-state index contributed by atoms with van der Waals surface area (Å²) in [4.78, 5) is 0. The number of rotatable bonds is 3. The highest BCUT2D eigenvalue weighted by atomic mass is 16.5. The van der Waals surface area contributed by atoms with Gasteiger partial charge in [-0.25, -0.2) is 0 Å². The summed E-state index contributed by atoms with van der Waals surface area (Å²) in [5.74, 6) is 6.24. The number of hydrazine groups is 1. The molecule has 0 aliphatic rings. The summed E-state index contributed by atoms with van der Waals surface area (Å²) >= 11 is 0. The molecule has 3 N–H and O–H groups in total. The van der Waals surface area contributed by atoms with Crippen LogP contribution in [0.3, 0.4) is 0 Å². The van der Waals surface area contributed by atoms with Gasteiger partial charge in [-0.05, 0) is 25.5 Å². The van der Waals surface area contributed by atoms with Crippen molar-refractivity contribution in [2.24, 2.45) is 5.84 Å². The molecule has 1 rings (SSSR count). The molecule has 1 unspecified atom stereocenters. The Morgan fingerprint density at radius 3 is 2.69 bits per heavy atom. The first-order valence-electron chi connectivity index (χ1n) is 4.29. The van der Waals surface area contributed by atoms with E-state index < -0.39 is 0 Å². The van der Waals surface area contributed by atoms with Gasteiger partial charge in [0.2, 0.25) is 0 Å². The lowest BCUT2D eigenvalue weighted by Gasteiger charge is -2.14. The molecule has 3 heteroatoms. The fourth-order valence-corrected chi connectivity index (χ4v) is 1.27. The lowest BCUT2D eigenvalue weighted by molar-refractivity contribution is 0.402. The van der Waals surface area contributed by atoms with E-state index in [-0.39, 0.29) is 6.04 Å². The molecule has 1 aromatic carbocycles. The van der Waals surface area contributed by atoms with Gasteiger partial charge in [0.15, 0.2) is 0 Å². The minimum atomic E-state index is 0.107. The smallest absolute Gasteiger partial charge is 0.123 e. The Balaban J connectivity index is 3.05. The predicted octanol–water partition coefficient (Wildman–Crippen LogP) is 1.53. The summed E-state index contributed by atoms with van der Waals surface area (Å²) in [5.41, 5.74) is 4.96. The van der Waals surface area contributed by atoms with Crippen molar-refractivity contribution in [3.63, 3.8) is 0 Å². The molecule has 0 heterocycles. The van der Waals surface area contributed by atoms with Gasteiger partial charge in [0.25, 0.3) is 0 Å². The fraction of sp³-hybridized carbons (Fsp3) is 0.400. The maximum absolute atomic E-state index is 5.36. The summed E-state index contributed by atoms with van der Waals surface area (Å²) in [6.45, 7) is 4.03. The summed E-state index contributed by atoms with van der Waals surface area (Å²) < 4.78 is 5.25. The summed E-state index contributed by atoms with van der Waals surface area (Å²) in [6.07, 6.45) is 0. The Bertz CT molecular complexity index is 286. The van der Waals surface area contributed by atoms with Crippen LogP contribution < -0.4 is 16.0 Å². The average molecular weight is 180 g/mol. The van der Waals surface area contributed by atoms with Crippen molar-refractivity contribution in [2.45, 2.75) is 19.9 Å². The lowest BCUT2D eigenvalue weighted by Crippen LogP contribution is -2.25. The van der Waals surface area contributed by atoms with Crippen LogP contribution in [0.4, 0.5) is 0 Å². The Hall–Kier alpha value is -1.06. The standard InChI is InChI=1S/C10H16N2O/c1-7-4-5-9(8(2)12-11)10(6-7)13-3/h4-6,8,12H,11H2,1-3H3. The van der Waals surface area contributed by atoms with E-state index in [1.165, 1.54) is 5.56 Å². The van der Waals surface area contributed by atoms with Gasteiger partial charge in [-0.3, -0.25) is 11.3 Å². The van der Waals surface area contributed by atoms with Crippen molar-refractivity contribution >= 4 is 0 Å². The summed E-state index contributed by atoms with van der Waals surface area (Å²) in [5, 5.41) is 0. The highest BCUT2D eigenvalue weighted by Crippen LogP contribution is 2.25. The van der Waals surface area contributed by atoms with Crippen LogP contribution >= 0.6 is 0 Å². The Morgan fingerprint density at radius 1 is 1.46 bits per heavy atom. The molecule has 0 aromatic heterocycles. The van der Waals surface area contributed by atoms with Gasteiger partial charge in [0.05, 0.1) is 7.11 Å². The zero-order chi connectivity index (χ0) is 9.84. The second-order valence-electron chi connectivity index (χ2n) is 3.13. The van der Waals surface area contributed by atoms with Crippen molar-refractivity contribution in [3.05, 3.63) is 29.3 Å². The number of hydrogen-bond acceptors (Lipinski definition) is 3. The van der Waals surface area contributed by atoms with Gasteiger partial charge in [-0.1, -0.05) is 12.1 Å². The predicted molar refractivity (Wildman–Crippen MR) is 53.5 cm³/mol. The molecular formula is C10H16N2O. The molecule has 0 bridgehead atoms. The number of hydrogen-bond donors (Lipinski definition) is 2. The lowest BCUT2D eigenvalue weighted by atomic mass is 10.1. The van der Waals surface area contributed by atoms with Crippen LogP contribution in [0.1, 0.15) is 24.1 Å². The molecular weight excluding hydrogens is 164 g/mol. The van der Waals surface area contributed by atoms with Gasteiger partial charge in [0.1, 0.15) is 5.75 Å². The van der Waals surface area contributed by atoms with Crippen LogP contribution in [0.5, 0.6) is 5.75 Å². The first-order chi connectivity index (χ1) is 6.19. The topological polar surface area (TPSA) is 47.3 Å². The Morgan fingerprint density at radius 2 is 2.15 bits per heavy atom. The number of nitrogens with two attached hydrogens (primary N) is 1. The molecule has 0 fully saturated rings. The minimum Gasteiger partial charge on any atom is -0.496 e. The van der Waals surface area contributed by atoms with Gasteiger partial charge >= 0.3 is 0 Å². The Kier molecular flexibility index (Phi) is 3.28. The van der Waals surface area contributed by atoms with E-state index in [2.05, 4.69) is 5.43 Å². The van der Waals surface area contributed by atoms with Crippen molar-refractivity contribution < 1.29 is 4.74 Å². The van der Waals surface area contributed by atoms with E-state index in [4.69, 9.17) is 10.6 Å². The van der Waals surface area contributed by atoms with E-state index in [0.717, 1.165) is 11.3 Å². The van der Waals surface area contributed by atoms with E-state index in [0.29, 0.717) is 0 Å². The molecule has 1 aromatic rings. The molecule has 1 atom stereocenters. The molecule has 72 valence electrons. The van der Waals surface area contributed by atoms with Crippen LogP contribution in [0.15, 0.2) is 18.2 Å². The molecule has 3 nitrogen and oxygen atoms in total. The van der Waals surface area contributed by atoms with Crippen molar-refractivity contribution in [3.8, 4) is 5.75 Å². The third kappa shape index (κ3) is 2.20. The van der Waals surface area contributed by atoms with Crippen molar-refractivity contribution in [2.75, 3.05) is 7.11 Å². The van der Waals surface area contributed by atoms with Crippen LogP contribution in [0, 0.1) is 6.92 Å². The number of aryl methyl sites for hydroxylation is 1. The monoisotopic (exact) mass is 180 g/mol. The highest BCUT2D eigenvalue weighted by molar-refractivity contribution is 5.38. The third-order valence-electron chi connectivity index (χ3n) is 2.11. The van der Waals surface area contributed by atoms with Crippen LogP contribution in [0.2, 0.25) is 0 Å². The molecule has 0 saturated carbocycles. The second-order valence-corrected chi connectivity index (χ2v) is 3.13. The molecule has 13 heavy (non-hydrogen) atoms. The van der Waals surface area contributed by atoms with Gasteiger partial charge in [-0.2, -0.15) is 0 Å². The SMILES string of the molecule is COc1cc(C)ccc1C(C)NN. The first kappa shape index (κ1) is 10.0. The third-order valence-corrected chi connectivity index (χ3v) is 2.11. The van der Waals surface area contributed by atoms with Gasteiger partial charge in [-0.15, -0.1) is 0 Å². The van der Waals surface area contributed by atoms with E-state index in [1.807, 2.05) is 32.0 Å².